The molecule has 1 radical (unpaired) electrons. The highest BCUT2D eigenvalue weighted by Crippen LogP contribution is 2.16. The van der Waals surface area contributed by atoms with Gasteiger partial charge in [0, 0.05) is 0 Å². The van der Waals surface area contributed by atoms with Crippen LogP contribution in [0.1, 0.15) is 0 Å². The fourth-order valence-corrected chi connectivity index (χ4v) is 1.68. The van der Waals surface area contributed by atoms with E-state index in [4.69, 9.17) is 4.42 Å². The lowest BCUT2D eigenvalue weighted by molar-refractivity contribution is 0.660. The maximum absolute atomic E-state index is 12.0. The van der Waals surface area contributed by atoms with Crippen LogP contribution in [0.4, 0.5) is 0 Å². The quantitative estimate of drug-likeness (QED) is 0.516. The van der Waals surface area contributed by atoms with E-state index in [1.807, 2.05) is 12.1 Å². The summed E-state index contributed by atoms with van der Waals surface area (Å²) in [7, 11) is 0. The first-order valence-corrected chi connectivity index (χ1v) is 4.68. The predicted octanol–water partition coefficient (Wildman–Crippen LogP) is 2.75. The summed E-state index contributed by atoms with van der Waals surface area (Å²) in [4.78, 5) is 12.0. The second kappa shape index (κ2) is 2.95. The third-order valence-corrected chi connectivity index (χ3v) is 2.40. The molecule has 0 N–H and O–H groups in total. The van der Waals surface area contributed by atoms with Crippen molar-refractivity contribution in [2.45, 2.75) is 0 Å². The zero-order valence-electron chi connectivity index (χ0n) is 7.86. The van der Waals surface area contributed by atoms with Gasteiger partial charge in [0.05, 0.1) is 10.8 Å². The van der Waals surface area contributed by atoms with Crippen molar-refractivity contribution < 1.29 is 4.42 Å². The van der Waals surface area contributed by atoms with Crippen LogP contribution in [0.3, 0.4) is 0 Å². The molecule has 1 aromatic heterocycles. The average Bonchev–Trinajstić information content (AvgIpc) is 2.30. The molecule has 0 amide bonds. The minimum Gasteiger partial charge on any atom is -0.456 e. The van der Waals surface area contributed by atoms with Crippen LogP contribution in [0, 0.1) is 6.07 Å². The Hall–Kier alpha value is -2.09. The van der Waals surface area contributed by atoms with Gasteiger partial charge in [0.2, 0.25) is 5.43 Å². The van der Waals surface area contributed by atoms with Gasteiger partial charge in [-0.25, -0.2) is 0 Å². The molecular weight excluding hydrogens is 188 g/mol. The summed E-state index contributed by atoms with van der Waals surface area (Å²) in [5.41, 5.74) is 1.18. The number of benzene rings is 2. The Kier molecular flexibility index (Phi) is 1.62. The van der Waals surface area contributed by atoms with Gasteiger partial charge < -0.3 is 4.42 Å². The lowest BCUT2D eigenvalue weighted by Crippen LogP contribution is -2.01. The molecule has 0 aliphatic carbocycles. The highest BCUT2D eigenvalue weighted by molar-refractivity contribution is 5.89. The van der Waals surface area contributed by atoms with Crippen LogP contribution in [0.5, 0.6) is 0 Å². The van der Waals surface area contributed by atoms with Crippen molar-refractivity contribution in [3.8, 4) is 0 Å². The summed E-state index contributed by atoms with van der Waals surface area (Å²) in [6.07, 6.45) is 0. The van der Waals surface area contributed by atoms with Crippen LogP contribution in [-0.4, -0.2) is 0 Å². The van der Waals surface area contributed by atoms with E-state index in [1.54, 1.807) is 30.3 Å². The predicted molar refractivity (Wildman–Crippen MR) is 58.8 cm³/mol. The minimum absolute atomic E-state index is 0.0209. The SMILES string of the molecule is O=c1c2[c]cccc2oc2ccccc12. The third kappa shape index (κ3) is 1.15. The zero-order chi connectivity index (χ0) is 10.3. The third-order valence-electron chi connectivity index (χ3n) is 2.40. The molecule has 0 atom stereocenters. The highest BCUT2D eigenvalue weighted by atomic mass is 16.3. The summed E-state index contributed by atoms with van der Waals surface area (Å²) >= 11 is 0. The molecule has 1 heterocycles. The van der Waals surface area contributed by atoms with Crippen LogP contribution in [0.15, 0.2) is 51.7 Å². The first-order chi connectivity index (χ1) is 7.36. The van der Waals surface area contributed by atoms with Gasteiger partial charge in [-0.3, -0.25) is 4.79 Å². The van der Waals surface area contributed by atoms with E-state index in [-0.39, 0.29) is 5.43 Å². The Labute approximate surface area is 85.8 Å². The zero-order valence-corrected chi connectivity index (χ0v) is 7.86. The van der Waals surface area contributed by atoms with Crippen molar-refractivity contribution in [3.05, 3.63) is 58.8 Å². The van der Waals surface area contributed by atoms with E-state index in [9.17, 15) is 4.79 Å². The topological polar surface area (TPSA) is 30.2 Å². The molecule has 0 aliphatic rings. The van der Waals surface area contributed by atoms with Gasteiger partial charge in [-0.05, 0) is 24.3 Å². The van der Waals surface area contributed by atoms with Crippen LogP contribution in [-0.2, 0) is 0 Å². The van der Waals surface area contributed by atoms with Crippen LogP contribution in [0.2, 0.25) is 0 Å². The maximum Gasteiger partial charge on any atom is 0.201 e. The fraction of sp³-hybridized carbons (Fsp3) is 0. The molecule has 0 unspecified atom stereocenters. The Morgan fingerprint density at radius 3 is 2.73 bits per heavy atom. The number of hydrogen-bond acceptors (Lipinski definition) is 2. The number of para-hydroxylation sites is 1. The summed E-state index contributed by atoms with van der Waals surface area (Å²) in [5.74, 6) is 0. The molecule has 2 heteroatoms. The summed E-state index contributed by atoms with van der Waals surface area (Å²) in [6.45, 7) is 0. The van der Waals surface area contributed by atoms with Crippen molar-refractivity contribution in [2.75, 3.05) is 0 Å². The second-order valence-corrected chi connectivity index (χ2v) is 3.34. The van der Waals surface area contributed by atoms with E-state index < -0.39 is 0 Å². The van der Waals surface area contributed by atoms with Gasteiger partial charge in [-0.2, -0.15) is 0 Å². The van der Waals surface area contributed by atoms with Crippen molar-refractivity contribution in [3.63, 3.8) is 0 Å². The molecule has 0 spiro atoms. The molecule has 0 bridgehead atoms. The molecule has 0 saturated carbocycles. The Morgan fingerprint density at radius 1 is 1.00 bits per heavy atom. The molecule has 2 nitrogen and oxygen atoms in total. The molecule has 3 rings (SSSR count). The summed E-state index contributed by atoms with van der Waals surface area (Å²) in [5, 5.41) is 1.11. The van der Waals surface area contributed by atoms with Gasteiger partial charge in [-0.1, -0.05) is 24.3 Å². The average molecular weight is 195 g/mol. The molecule has 0 saturated heterocycles. The minimum atomic E-state index is -0.0209. The van der Waals surface area contributed by atoms with Gasteiger partial charge in [0.15, 0.2) is 0 Å². The largest absolute Gasteiger partial charge is 0.456 e. The second-order valence-electron chi connectivity index (χ2n) is 3.34. The maximum atomic E-state index is 12.0. The van der Waals surface area contributed by atoms with E-state index in [1.165, 1.54) is 0 Å². The molecule has 71 valence electrons. The van der Waals surface area contributed by atoms with E-state index in [0.717, 1.165) is 0 Å². The summed E-state index contributed by atoms with van der Waals surface area (Å²) < 4.78 is 5.60. The first kappa shape index (κ1) is 8.24. The first-order valence-electron chi connectivity index (χ1n) is 4.68. The van der Waals surface area contributed by atoms with E-state index >= 15 is 0 Å². The van der Waals surface area contributed by atoms with Gasteiger partial charge >= 0.3 is 0 Å². The Bertz CT molecular complexity index is 638. The lowest BCUT2D eigenvalue weighted by atomic mass is 10.1. The smallest absolute Gasteiger partial charge is 0.201 e. The van der Waals surface area contributed by atoms with Gasteiger partial charge in [0.1, 0.15) is 11.2 Å². The number of hydrogen-bond donors (Lipinski definition) is 0. The van der Waals surface area contributed by atoms with E-state index in [0.29, 0.717) is 21.9 Å². The molecule has 3 aromatic rings. The van der Waals surface area contributed by atoms with Crippen LogP contribution in [0.25, 0.3) is 21.9 Å². The molecular formula is C13H7O2. The van der Waals surface area contributed by atoms with E-state index in [2.05, 4.69) is 6.07 Å². The summed E-state index contributed by atoms with van der Waals surface area (Å²) in [6, 6.07) is 15.4. The lowest BCUT2D eigenvalue weighted by Gasteiger charge is -1.99. The Balaban J connectivity index is 2.66. The van der Waals surface area contributed by atoms with Crippen LogP contribution < -0.4 is 5.43 Å². The molecule has 0 fully saturated rings. The number of rotatable bonds is 0. The number of fused-ring (bicyclic) bond motifs is 2. The molecule has 0 aliphatic heterocycles. The highest BCUT2D eigenvalue weighted by Gasteiger charge is 2.05. The van der Waals surface area contributed by atoms with Gasteiger partial charge in [-0.15, -0.1) is 0 Å². The van der Waals surface area contributed by atoms with Crippen molar-refractivity contribution in [1.29, 1.82) is 0 Å². The Morgan fingerprint density at radius 2 is 1.80 bits per heavy atom. The van der Waals surface area contributed by atoms with Crippen molar-refractivity contribution in [2.24, 2.45) is 0 Å². The molecule has 15 heavy (non-hydrogen) atoms. The van der Waals surface area contributed by atoms with Crippen LogP contribution >= 0.6 is 0 Å². The monoisotopic (exact) mass is 195 g/mol. The molecule has 2 aromatic carbocycles. The van der Waals surface area contributed by atoms with Crippen molar-refractivity contribution >= 4 is 21.9 Å². The fourth-order valence-electron chi connectivity index (χ4n) is 1.68. The normalized spacial score (nSPS) is 10.9. The van der Waals surface area contributed by atoms with Crippen molar-refractivity contribution in [1.82, 2.24) is 0 Å². The van der Waals surface area contributed by atoms with Gasteiger partial charge in [0.25, 0.3) is 0 Å². The standard InChI is InChI=1S/C13H7O2/c14-13-9-5-1-3-7-11(9)15-12-8-4-2-6-10(12)13/h1-5,7-8H.